The first-order valence-corrected chi connectivity index (χ1v) is 5.06. The number of halogens is 1. The third-order valence-corrected chi connectivity index (χ3v) is 2.59. The first-order valence-electron chi connectivity index (χ1n) is 5.06. The number of benzene rings is 1. The molecule has 16 heavy (non-hydrogen) atoms. The molecule has 1 N–H and O–H groups in total. The van der Waals surface area contributed by atoms with E-state index >= 15 is 0 Å². The van der Waals surface area contributed by atoms with Crippen molar-refractivity contribution in [1.29, 1.82) is 0 Å². The minimum absolute atomic E-state index is 0.0305. The summed E-state index contributed by atoms with van der Waals surface area (Å²) in [7, 11) is 3.58. The predicted octanol–water partition coefficient (Wildman–Crippen LogP) is 2.21. The van der Waals surface area contributed by atoms with Gasteiger partial charge in [0.25, 0.3) is 0 Å². The normalized spacial score (nSPS) is 12.8. The van der Waals surface area contributed by atoms with Gasteiger partial charge in [-0.15, -0.1) is 0 Å². The minimum atomic E-state index is -0.887. The second-order valence-electron chi connectivity index (χ2n) is 4.08. The summed E-state index contributed by atoms with van der Waals surface area (Å²) in [6.45, 7) is 1.85. The number of carboxylic acid groups (broad SMARTS) is 1. The lowest BCUT2D eigenvalue weighted by atomic mass is 9.98. The second-order valence-corrected chi connectivity index (χ2v) is 4.08. The Bertz CT molecular complexity index is 391. The summed E-state index contributed by atoms with van der Waals surface area (Å²) < 4.78 is 13.1. The number of aryl methyl sites for hydroxylation is 1. The van der Waals surface area contributed by atoms with Crippen LogP contribution < -0.4 is 0 Å². The van der Waals surface area contributed by atoms with E-state index in [1.807, 2.05) is 6.92 Å². The van der Waals surface area contributed by atoms with Crippen molar-refractivity contribution in [3.63, 3.8) is 0 Å². The summed E-state index contributed by atoms with van der Waals surface area (Å²) in [6, 6.07) is 4.16. The Morgan fingerprint density at radius 1 is 1.50 bits per heavy atom. The lowest BCUT2D eigenvalue weighted by molar-refractivity contribution is -0.138. The third kappa shape index (κ3) is 3.03. The molecule has 88 valence electrons. The predicted molar refractivity (Wildman–Crippen MR) is 59.8 cm³/mol. The van der Waals surface area contributed by atoms with Gasteiger partial charge < -0.3 is 10.0 Å². The number of nitrogens with zero attached hydrogens (tertiary/aromatic N) is 1. The van der Waals surface area contributed by atoms with Crippen molar-refractivity contribution < 1.29 is 14.3 Å². The number of hydrogen-bond donors (Lipinski definition) is 1. The largest absolute Gasteiger partial charge is 0.481 e. The Balaban J connectivity index is 3.09. The van der Waals surface area contributed by atoms with Gasteiger partial charge in [0, 0.05) is 6.04 Å². The van der Waals surface area contributed by atoms with Gasteiger partial charge in [-0.05, 0) is 44.3 Å². The number of hydrogen-bond acceptors (Lipinski definition) is 2. The summed E-state index contributed by atoms with van der Waals surface area (Å²) in [5.74, 6) is -1.22. The van der Waals surface area contributed by atoms with Gasteiger partial charge in [0.2, 0.25) is 0 Å². The third-order valence-electron chi connectivity index (χ3n) is 2.59. The highest BCUT2D eigenvalue weighted by Gasteiger charge is 2.19. The van der Waals surface area contributed by atoms with Gasteiger partial charge in [-0.25, -0.2) is 4.39 Å². The smallest absolute Gasteiger partial charge is 0.305 e. The van der Waals surface area contributed by atoms with Gasteiger partial charge in [-0.3, -0.25) is 4.79 Å². The SMILES string of the molecule is Cc1ccc(F)cc1C(CC(=O)O)N(C)C. The molecule has 0 aliphatic heterocycles. The first kappa shape index (κ1) is 12.6. The molecule has 1 atom stereocenters. The highest BCUT2D eigenvalue weighted by Crippen LogP contribution is 2.25. The molecule has 0 spiro atoms. The maximum absolute atomic E-state index is 13.1. The molecule has 1 aromatic rings. The molecule has 3 nitrogen and oxygen atoms in total. The standard InChI is InChI=1S/C12H16FNO2/c1-8-4-5-9(13)6-10(8)11(14(2)3)7-12(15)16/h4-6,11H,7H2,1-3H3,(H,15,16). The van der Waals surface area contributed by atoms with Crippen molar-refractivity contribution in [2.75, 3.05) is 14.1 Å². The zero-order chi connectivity index (χ0) is 12.3. The van der Waals surface area contributed by atoms with Crippen LogP contribution in [0.5, 0.6) is 0 Å². The van der Waals surface area contributed by atoms with Crippen molar-refractivity contribution in [3.05, 3.63) is 35.1 Å². The highest BCUT2D eigenvalue weighted by atomic mass is 19.1. The average molecular weight is 225 g/mol. The molecule has 1 unspecified atom stereocenters. The number of rotatable bonds is 4. The molecule has 0 radical (unpaired) electrons. The summed E-state index contributed by atoms with van der Waals surface area (Å²) >= 11 is 0. The van der Waals surface area contributed by atoms with E-state index in [2.05, 4.69) is 0 Å². The van der Waals surface area contributed by atoms with Crippen molar-refractivity contribution in [3.8, 4) is 0 Å². The first-order chi connectivity index (χ1) is 7.41. The molecule has 0 saturated carbocycles. The van der Waals surface area contributed by atoms with Gasteiger partial charge in [-0.1, -0.05) is 6.07 Å². The van der Waals surface area contributed by atoms with Crippen molar-refractivity contribution in [2.24, 2.45) is 0 Å². The van der Waals surface area contributed by atoms with Crippen LogP contribution in [0.2, 0.25) is 0 Å². The Labute approximate surface area is 94.5 Å². The molecular formula is C12H16FNO2. The lowest BCUT2D eigenvalue weighted by Gasteiger charge is -2.24. The van der Waals surface area contributed by atoms with Crippen LogP contribution in [0.1, 0.15) is 23.6 Å². The molecule has 0 aromatic heterocycles. The topological polar surface area (TPSA) is 40.5 Å². The Kier molecular flexibility index (Phi) is 4.01. The second kappa shape index (κ2) is 5.07. The van der Waals surface area contributed by atoms with E-state index in [9.17, 15) is 9.18 Å². The van der Waals surface area contributed by atoms with Crippen LogP contribution in [0.25, 0.3) is 0 Å². The van der Waals surface area contributed by atoms with E-state index in [4.69, 9.17) is 5.11 Å². The summed E-state index contributed by atoms with van der Waals surface area (Å²) in [5.41, 5.74) is 1.63. The number of carbonyl (C=O) groups is 1. The van der Waals surface area contributed by atoms with Crippen LogP contribution in [0.15, 0.2) is 18.2 Å². The van der Waals surface area contributed by atoms with Crippen LogP contribution in [0.4, 0.5) is 4.39 Å². The minimum Gasteiger partial charge on any atom is -0.481 e. The van der Waals surface area contributed by atoms with E-state index in [0.29, 0.717) is 0 Å². The molecule has 0 aliphatic rings. The van der Waals surface area contributed by atoms with E-state index in [1.165, 1.54) is 12.1 Å². The molecular weight excluding hydrogens is 209 g/mol. The summed E-state index contributed by atoms with van der Waals surface area (Å²) in [5, 5.41) is 8.83. The van der Waals surface area contributed by atoms with Crippen LogP contribution >= 0.6 is 0 Å². The van der Waals surface area contributed by atoms with Crippen LogP contribution in [-0.4, -0.2) is 30.1 Å². The van der Waals surface area contributed by atoms with Gasteiger partial charge in [0.15, 0.2) is 0 Å². The lowest BCUT2D eigenvalue weighted by Crippen LogP contribution is -2.23. The van der Waals surface area contributed by atoms with Gasteiger partial charge in [0.1, 0.15) is 5.82 Å². The summed E-state index contributed by atoms with van der Waals surface area (Å²) in [6.07, 6.45) is -0.0305. The number of carboxylic acids is 1. The highest BCUT2D eigenvalue weighted by molar-refractivity contribution is 5.68. The maximum Gasteiger partial charge on any atom is 0.305 e. The monoisotopic (exact) mass is 225 g/mol. The fourth-order valence-electron chi connectivity index (χ4n) is 1.71. The molecule has 0 bridgehead atoms. The Hall–Kier alpha value is -1.42. The average Bonchev–Trinajstić information content (AvgIpc) is 2.18. The zero-order valence-electron chi connectivity index (χ0n) is 9.70. The van der Waals surface area contributed by atoms with Crippen molar-refractivity contribution >= 4 is 5.97 Å². The molecule has 0 saturated heterocycles. The van der Waals surface area contributed by atoms with E-state index in [1.54, 1.807) is 25.1 Å². The molecule has 1 rings (SSSR count). The van der Waals surface area contributed by atoms with Crippen LogP contribution in [-0.2, 0) is 4.79 Å². The van der Waals surface area contributed by atoms with Gasteiger partial charge >= 0.3 is 5.97 Å². The van der Waals surface area contributed by atoms with Crippen LogP contribution in [0.3, 0.4) is 0 Å². The molecule has 0 amide bonds. The Morgan fingerprint density at radius 2 is 2.12 bits per heavy atom. The fourth-order valence-corrected chi connectivity index (χ4v) is 1.71. The maximum atomic E-state index is 13.1. The van der Waals surface area contributed by atoms with E-state index in [0.717, 1.165) is 11.1 Å². The van der Waals surface area contributed by atoms with E-state index < -0.39 is 5.97 Å². The van der Waals surface area contributed by atoms with Crippen LogP contribution in [0, 0.1) is 12.7 Å². The van der Waals surface area contributed by atoms with Gasteiger partial charge in [-0.2, -0.15) is 0 Å². The van der Waals surface area contributed by atoms with Crippen molar-refractivity contribution in [2.45, 2.75) is 19.4 Å². The molecule has 1 aromatic carbocycles. The Morgan fingerprint density at radius 3 is 2.62 bits per heavy atom. The molecule has 0 aliphatic carbocycles. The number of aliphatic carboxylic acids is 1. The fraction of sp³-hybridized carbons (Fsp3) is 0.417. The molecule has 0 heterocycles. The van der Waals surface area contributed by atoms with Gasteiger partial charge in [0.05, 0.1) is 6.42 Å². The quantitative estimate of drug-likeness (QED) is 0.854. The zero-order valence-corrected chi connectivity index (χ0v) is 9.70. The summed E-state index contributed by atoms with van der Waals surface area (Å²) in [4.78, 5) is 12.6. The van der Waals surface area contributed by atoms with E-state index in [-0.39, 0.29) is 18.3 Å². The molecule has 4 heteroatoms. The molecule has 0 fully saturated rings. The van der Waals surface area contributed by atoms with Crippen molar-refractivity contribution in [1.82, 2.24) is 4.90 Å².